The van der Waals surface area contributed by atoms with Gasteiger partial charge in [-0.1, -0.05) is 50.6 Å². The molecule has 4 fully saturated rings. The SMILES string of the molecule is C[C@@]12CCC[C@H]1[C@@H]1CCC3C(=N)C(=O)C(C(=O)NC(c4ccccc4)(C(F)(F)F)C(F)(F)F)C[C@]3(C)[C@@H]1CC2. The molecule has 1 aromatic rings. The minimum Gasteiger partial charge on any atom is -0.330 e. The zero-order valence-electron chi connectivity index (χ0n) is 22.0. The lowest BCUT2D eigenvalue weighted by Gasteiger charge is -2.60. The Kier molecular flexibility index (Phi) is 6.54. The van der Waals surface area contributed by atoms with E-state index in [9.17, 15) is 35.9 Å². The van der Waals surface area contributed by atoms with Gasteiger partial charge in [-0.05, 0) is 79.1 Å². The van der Waals surface area contributed by atoms with Gasteiger partial charge in [0.25, 0.3) is 5.54 Å². The van der Waals surface area contributed by atoms with Gasteiger partial charge in [-0.25, -0.2) is 0 Å². The van der Waals surface area contributed by atoms with Gasteiger partial charge in [0.15, 0.2) is 5.78 Å². The van der Waals surface area contributed by atoms with Gasteiger partial charge < -0.3 is 10.7 Å². The van der Waals surface area contributed by atoms with Crippen LogP contribution in [0.1, 0.15) is 70.8 Å². The highest BCUT2D eigenvalue weighted by atomic mass is 19.4. The van der Waals surface area contributed by atoms with E-state index in [1.54, 1.807) is 0 Å². The van der Waals surface area contributed by atoms with Crippen molar-refractivity contribution in [1.29, 1.82) is 5.41 Å². The Balaban J connectivity index is 1.50. The van der Waals surface area contributed by atoms with Crippen molar-refractivity contribution in [2.24, 2.45) is 40.4 Å². The van der Waals surface area contributed by atoms with E-state index >= 15 is 0 Å². The number of benzene rings is 1. The van der Waals surface area contributed by atoms with Crippen LogP contribution in [0.3, 0.4) is 0 Å². The van der Waals surface area contributed by atoms with Crippen molar-refractivity contribution in [1.82, 2.24) is 5.32 Å². The minimum absolute atomic E-state index is 0.0558. The Hall–Kier alpha value is -2.39. The Morgan fingerprint density at radius 1 is 0.923 bits per heavy atom. The first-order valence-electron chi connectivity index (χ1n) is 13.7. The first kappa shape index (κ1) is 28.1. The molecule has 2 N–H and O–H groups in total. The van der Waals surface area contributed by atoms with Crippen LogP contribution in [0, 0.1) is 45.8 Å². The van der Waals surface area contributed by atoms with Crippen LogP contribution in [-0.4, -0.2) is 29.8 Å². The lowest BCUT2D eigenvalue weighted by atomic mass is 9.44. The summed E-state index contributed by atoms with van der Waals surface area (Å²) in [5.74, 6) is -4.01. The Bertz CT molecular complexity index is 1150. The fourth-order valence-corrected chi connectivity index (χ4v) is 8.98. The molecule has 4 saturated carbocycles. The van der Waals surface area contributed by atoms with Crippen LogP contribution in [0.2, 0.25) is 0 Å². The number of carbonyl (C=O) groups excluding carboxylic acids is 2. The van der Waals surface area contributed by atoms with Crippen molar-refractivity contribution >= 4 is 17.4 Å². The number of carbonyl (C=O) groups is 2. The predicted molar refractivity (Wildman–Crippen MR) is 132 cm³/mol. The maximum Gasteiger partial charge on any atom is 0.424 e. The van der Waals surface area contributed by atoms with E-state index in [1.165, 1.54) is 11.4 Å². The monoisotopic (exact) mass is 556 g/mol. The first-order valence-corrected chi connectivity index (χ1v) is 13.7. The summed E-state index contributed by atoms with van der Waals surface area (Å²) in [5.41, 5.74) is -6.73. The third-order valence-corrected chi connectivity index (χ3v) is 10.9. The average molecular weight is 557 g/mol. The lowest BCUT2D eigenvalue weighted by Crippen LogP contribution is -2.67. The molecule has 4 aliphatic rings. The Morgan fingerprint density at radius 2 is 1.56 bits per heavy atom. The van der Waals surface area contributed by atoms with Crippen molar-refractivity contribution in [2.45, 2.75) is 83.1 Å². The molecule has 7 atom stereocenters. The number of ketones is 1. The largest absolute Gasteiger partial charge is 0.424 e. The van der Waals surface area contributed by atoms with Gasteiger partial charge in [0, 0.05) is 5.92 Å². The van der Waals surface area contributed by atoms with Crippen molar-refractivity contribution in [2.75, 3.05) is 0 Å². The Labute approximate surface area is 223 Å². The smallest absolute Gasteiger partial charge is 0.330 e. The highest BCUT2D eigenvalue weighted by molar-refractivity contribution is 6.44. The maximum atomic E-state index is 14.3. The molecule has 0 spiro atoms. The molecular formula is C29H34F6N2O2. The zero-order valence-corrected chi connectivity index (χ0v) is 22.0. The predicted octanol–water partition coefficient (Wildman–Crippen LogP) is 6.98. The number of amides is 1. The number of hydrogen-bond donors (Lipinski definition) is 2. The second kappa shape index (κ2) is 9.06. The van der Waals surface area contributed by atoms with E-state index in [0.717, 1.165) is 50.7 Å². The number of fused-ring (bicyclic) bond motifs is 5. The molecule has 39 heavy (non-hydrogen) atoms. The van der Waals surface area contributed by atoms with Crippen molar-refractivity contribution < 1.29 is 35.9 Å². The molecule has 5 rings (SSSR count). The summed E-state index contributed by atoms with van der Waals surface area (Å²) in [5, 5.41) is 9.90. The van der Waals surface area contributed by atoms with Crippen LogP contribution in [-0.2, 0) is 15.1 Å². The summed E-state index contributed by atoms with van der Waals surface area (Å²) in [6.45, 7) is 4.20. The summed E-state index contributed by atoms with van der Waals surface area (Å²) >= 11 is 0. The molecule has 0 saturated heterocycles. The quantitative estimate of drug-likeness (QED) is 0.312. The zero-order chi connectivity index (χ0) is 28.6. The Morgan fingerprint density at radius 3 is 2.18 bits per heavy atom. The van der Waals surface area contributed by atoms with E-state index in [-0.39, 0.29) is 23.5 Å². The van der Waals surface area contributed by atoms with E-state index in [1.807, 2.05) is 6.92 Å². The second-order valence-corrected chi connectivity index (χ2v) is 12.7. The number of halogens is 6. The fourth-order valence-electron chi connectivity index (χ4n) is 8.98. The molecule has 4 aliphatic carbocycles. The molecule has 4 nitrogen and oxygen atoms in total. The van der Waals surface area contributed by atoms with Crippen LogP contribution in [0.25, 0.3) is 0 Å². The number of hydrogen-bond acceptors (Lipinski definition) is 3. The number of nitrogens with one attached hydrogen (secondary N) is 2. The van der Waals surface area contributed by atoms with Crippen LogP contribution in [0.4, 0.5) is 26.3 Å². The molecule has 0 aliphatic heterocycles. The van der Waals surface area contributed by atoms with Crippen molar-refractivity contribution in [3.05, 3.63) is 35.9 Å². The van der Waals surface area contributed by atoms with Gasteiger partial charge in [-0.15, -0.1) is 0 Å². The van der Waals surface area contributed by atoms with Gasteiger partial charge in [-0.2, -0.15) is 26.3 Å². The van der Waals surface area contributed by atoms with E-state index in [0.29, 0.717) is 30.4 Å². The summed E-state index contributed by atoms with van der Waals surface area (Å²) in [7, 11) is 0. The summed E-state index contributed by atoms with van der Waals surface area (Å²) in [6.07, 6.45) is -5.50. The first-order chi connectivity index (χ1) is 18.1. The van der Waals surface area contributed by atoms with E-state index in [2.05, 4.69) is 6.92 Å². The van der Waals surface area contributed by atoms with Crippen LogP contribution >= 0.6 is 0 Å². The number of alkyl halides is 6. The summed E-state index contributed by atoms with van der Waals surface area (Å²) in [4.78, 5) is 26.6. The number of Topliss-reactive ketones (excluding diaryl/α,β-unsaturated/α-hetero) is 1. The van der Waals surface area contributed by atoms with E-state index in [4.69, 9.17) is 5.41 Å². The molecule has 2 unspecified atom stereocenters. The van der Waals surface area contributed by atoms with Gasteiger partial charge in [0.2, 0.25) is 5.91 Å². The van der Waals surface area contributed by atoms with Crippen LogP contribution in [0.15, 0.2) is 30.3 Å². The normalized spacial score (nSPS) is 37.1. The molecular weight excluding hydrogens is 522 g/mol. The third-order valence-electron chi connectivity index (χ3n) is 10.9. The molecule has 0 bridgehead atoms. The lowest BCUT2D eigenvalue weighted by molar-refractivity contribution is -0.312. The second-order valence-electron chi connectivity index (χ2n) is 12.7. The topological polar surface area (TPSA) is 70.0 Å². The molecule has 1 amide bonds. The number of rotatable bonds is 3. The average Bonchev–Trinajstić information content (AvgIpc) is 3.25. The van der Waals surface area contributed by atoms with Crippen LogP contribution in [0.5, 0.6) is 0 Å². The summed E-state index contributed by atoms with van der Waals surface area (Å²) in [6, 6.07) is 4.66. The van der Waals surface area contributed by atoms with Gasteiger partial charge in [0.1, 0.15) is 5.92 Å². The highest BCUT2D eigenvalue weighted by Gasteiger charge is 2.73. The molecule has 10 heteroatoms. The van der Waals surface area contributed by atoms with Crippen LogP contribution < -0.4 is 5.32 Å². The van der Waals surface area contributed by atoms with Crippen molar-refractivity contribution in [3.63, 3.8) is 0 Å². The molecule has 0 aromatic heterocycles. The highest BCUT2D eigenvalue weighted by Crippen LogP contribution is 2.66. The van der Waals surface area contributed by atoms with Gasteiger partial charge >= 0.3 is 12.4 Å². The molecule has 0 heterocycles. The maximum absolute atomic E-state index is 14.3. The van der Waals surface area contributed by atoms with E-state index < -0.39 is 52.4 Å². The standard InChI is InChI=1S/C29H34F6N2O2/c1-25-13-6-9-19(25)17-10-11-21-22(36)23(38)18(15-26(21,2)20(17)12-14-25)24(39)37-27(28(30,31)32,29(33,34)35)16-7-4-3-5-8-16/h3-5,7-8,17-21,36H,6,9-15H2,1-2H3,(H,37,39)/t17-,18?,19-,20+,21?,25-,26+/m0/s1. The third kappa shape index (κ3) is 4.05. The molecule has 214 valence electrons. The fraction of sp³-hybridized carbons (Fsp3) is 0.690. The minimum atomic E-state index is -5.94. The molecule has 1 aromatic carbocycles. The summed E-state index contributed by atoms with van der Waals surface area (Å²) < 4.78 is 85.9. The van der Waals surface area contributed by atoms with Gasteiger partial charge in [-0.3, -0.25) is 9.59 Å². The molecule has 0 radical (unpaired) electrons. The van der Waals surface area contributed by atoms with Crippen molar-refractivity contribution in [3.8, 4) is 0 Å². The van der Waals surface area contributed by atoms with Gasteiger partial charge in [0.05, 0.1) is 5.71 Å².